The number of aryl methyl sites for hydroxylation is 1. The molecule has 12 heteroatoms. The Kier molecular flexibility index (Phi) is 6.65. The van der Waals surface area contributed by atoms with Gasteiger partial charge in [-0.25, -0.2) is 18.4 Å². The van der Waals surface area contributed by atoms with Crippen molar-refractivity contribution in [2.24, 2.45) is 0 Å². The van der Waals surface area contributed by atoms with E-state index in [9.17, 15) is 31.5 Å². The second-order valence-corrected chi connectivity index (χ2v) is 10.7. The molecule has 0 aliphatic heterocycles. The third-order valence-corrected chi connectivity index (χ3v) is 7.94. The summed E-state index contributed by atoms with van der Waals surface area (Å²) in [4.78, 5) is 21.1. The molecule has 0 saturated carbocycles. The van der Waals surface area contributed by atoms with Crippen LogP contribution in [-0.2, 0) is 27.5 Å². The van der Waals surface area contributed by atoms with Crippen LogP contribution in [-0.4, -0.2) is 34.8 Å². The van der Waals surface area contributed by atoms with E-state index in [-0.39, 0.29) is 18.6 Å². The standard InChI is InChI=1S/C19H17F3N2O4S3/c1-10-17(30-18(23-10)11(2)25)15-9-29-16(24-15)8-13(26)7-12-3-5-14(6-4-12)31(27,28)19(20,21)22/h3-6,9,11,25H,7-8H2,1-2H3/t11-/m1/s1. The van der Waals surface area contributed by atoms with Crippen molar-refractivity contribution in [3.05, 3.63) is 50.9 Å². The number of hydrogen-bond donors (Lipinski definition) is 1. The molecule has 6 nitrogen and oxygen atoms in total. The number of aliphatic hydroxyl groups excluding tert-OH is 1. The maximum absolute atomic E-state index is 12.6. The van der Waals surface area contributed by atoms with Gasteiger partial charge in [-0.3, -0.25) is 4.79 Å². The third kappa shape index (κ3) is 5.20. The van der Waals surface area contributed by atoms with Crippen LogP contribution in [0.3, 0.4) is 0 Å². The highest BCUT2D eigenvalue weighted by Crippen LogP contribution is 2.33. The van der Waals surface area contributed by atoms with E-state index in [2.05, 4.69) is 9.97 Å². The Morgan fingerprint density at radius 3 is 2.35 bits per heavy atom. The maximum atomic E-state index is 12.6. The van der Waals surface area contributed by atoms with Crippen LogP contribution in [0, 0.1) is 6.92 Å². The van der Waals surface area contributed by atoms with Gasteiger partial charge in [-0.2, -0.15) is 13.2 Å². The maximum Gasteiger partial charge on any atom is 0.501 e. The number of benzene rings is 1. The molecule has 1 N–H and O–H groups in total. The van der Waals surface area contributed by atoms with Gasteiger partial charge < -0.3 is 5.11 Å². The first kappa shape index (κ1) is 23.5. The number of sulfone groups is 1. The van der Waals surface area contributed by atoms with Crippen LogP contribution in [0.25, 0.3) is 10.6 Å². The van der Waals surface area contributed by atoms with Crippen LogP contribution in [0.2, 0.25) is 0 Å². The fraction of sp³-hybridized carbons (Fsp3) is 0.316. The summed E-state index contributed by atoms with van der Waals surface area (Å²) in [6, 6.07) is 4.09. The van der Waals surface area contributed by atoms with E-state index in [0.717, 1.165) is 22.7 Å². The van der Waals surface area contributed by atoms with Gasteiger partial charge in [0.1, 0.15) is 21.9 Å². The smallest absolute Gasteiger partial charge is 0.386 e. The van der Waals surface area contributed by atoms with Crippen molar-refractivity contribution >= 4 is 38.3 Å². The molecule has 0 saturated heterocycles. The summed E-state index contributed by atoms with van der Waals surface area (Å²) in [5, 5.41) is 12.6. The molecule has 0 amide bonds. The molecule has 166 valence electrons. The largest absolute Gasteiger partial charge is 0.501 e. The summed E-state index contributed by atoms with van der Waals surface area (Å²) >= 11 is 2.63. The first-order valence-electron chi connectivity index (χ1n) is 8.90. The number of halogens is 3. The number of alkyl halides is 3. The molecule has 0 aliphatic rings. The topological polar surface area (TPSA) is 97.2 Å². The monoisotopic (exact) mass is 490 g/mol. The summed E-state index contributed by atoms with van der Waals surface area (Å²) in [6.45, 7) is 3.43. The van der Waals surface area contributed by atoms with Crippen molar-refractivity contribution in [3.8, 4) is 10.6 Å². The molecule has 2 heterocycles. The van der Waals surface area contributed by atoms with E-state index in [4.69, 9.17) is 0 Å². The molecular weight excluding hydrogens is 473 g/mol. The molecule has 2 aromatic heterocycles. The molecule has 0 spiro atoms. The Labute approximate surface area is 184 Å². The number of thiazole rings is 2. The first-order chi connectivity index (χ1) is 14.4. The van der Waals surface area contributed by atoms with Crippen LogP contribution in [0.1, 0.15) is 34.3 Å². The first-order valence-corrected chi connectivity index (χ1v) is 12.1. The molecule has 0 aliphatic carbocycles. The number of ketones is 1. The Balaban J connectivity index is 1.67. The van der Waals surface area contributed by atoms with Crippen molar-refractivity contribution in [1.29, 1.82) is 0 Å². The average molecular weight is 491 g/mol. The van der Waals surface area contributed by atoms with Crippen molar-refractivity contribution < 1.29 is 31.5 Å². The van der Waals surface area contributed by atoms with Crippen LogP contribution in [0.4, 0.5) is 13.2 Å². The molecule has 31 heavy (non-hydrogen) atoms. The predicted molar refractivity (Wildman–Crippen MR) is 111 cm³/mol. The van der Waals surface area contributed by atoms with Crippen molar-refractivity contribution in [1.82, 2.24) is 9.97 Å². The average Bonchev–Trinajstić information content (AvgIpc) is 3.27. The SMILES string of the molecule is Cc1nc([C@@H](C)O)sc1-c1csc(CC(=O)Cc2ccc(S(=O)(=O)C(F)(F)F)cc2)n1. The van der Waals surface area contributed by atoms with E-state index in [1.807, 2.05) is 6.92 Å². The zero-order chi connectivity index (χ0) is 23.0. The Hall–Kier alpha value is -2.15. The number of carbonyl (C=O) groups is 1. The molecule has 1 atom stereocenters. The highest BCUT2D eigenvalue weighted by molar-refractivity contribution is 7.92. The number of Topliss-reactive ketones (excluding diaryl/α,β-unsaturated/α-hetero) is 1. The van der Waals surface area contributed by atoms with E-state index in [1.54, 1.807) is 12.3 Å². The van der Waals surface area contributed by atoms with Gasteiger partial charge in [-0.05, 0) is 31.5 Å². The third-order valence-electron chi connectivity index (χ3n) is 4.24. The summed E-state index contributed by atoms with van der Waals surface area (Å²) in [5.74, 6) is -0.210. The zero-order valence-electron chi connectivity index (χ0n) is 16.3. The van der Waals surface area contributed by atoms with Crippen molar-refractivity contribution in [2.75, 3.05) is 0 Å². The lowest BCUT2D eigenvalue weighted by atomic mass is 10.1. The van der Waals surface area contributed by atoms with Gasteiger partial charge in [-0.15, -0.1) is 22.7 Å². The van der Waals surface area contributed by atoms with Crippen LogP contribution >= 0.6 is 22.7 Å². The van der Waals surface area contributed by atoms with Gasteiger partial charge in [0, 0.05) is 11.8 Å². The summed E-state index contributed by atoms with van der Waals surface area (Å²) in [7, 11) is -5.41. The molecule has 0 bridgehead atoms. The van der Waals surface area contributed by atoms with Gasteiger partial charge in [0.2, 0.25) is 0 Å². The minimum atomic E-state index is -5.41. The van der Waals surface area contributed by atoms with Gasteiger partial charge in [0.15, 0.2) is 0 Å². The normalized spacial score (nSPS) is 13.4. The Bertz CT molecular complexity index is 1200. The van der Waals surface area contributed by atoms with Crippen LogP contribution in [0.15, 0.2) is 34.5 Å². The van der Waals surface area contributed by atoms with Crippen molar-refractivity contribution in [2.45, 2.75) is 43.2 Å². The molecule has 0 radical (unpaired) electrons. The number of rotatable bonds is 7. The molecule has 3 rings (SSSR count). The second kappa shape index (κ2) is 8.77. The van der Waals surface area contributed by atoms with E-state index < -0.39 is 26.3 Å². The lowest BCUT2D eigenvalue weighted by molar-refractivity contribution is -0.117. The van der Waals surface area contributed by atoms with E-state index in [0.29, 0.717) is 21.3 Å². The molecular formula is C19H17F3N2O4S3. The Morgan fingerprint density at radius 1 is 1.16 bits per heavy atom. The predicted octanol–water partition coefficient (Wildman–Crippen LogP) is 4.28. The van der Waals surface area contributed by atoms with Gasteiger partial charge >= 0.3 is 5.51 Å². The summed E-state index contributed by atoms with van der Waals surface area (Å²) in [6.07, 6.45) is -0.712. The number of carbonyl (C=O) groups excluding carboxylic acids is 1. The number of aromatic nitrogens is 2. The second-order valence-electron chi connectivity index (χ2n) is 6.75. The van der Waals surface area contributed by atoms with Crippen LogP contribution in [0.5, 0.6) is 0 Å². The van der Waals surface area contributed by atoms with Gasteiger partial charge in [0.05, 0.1) is 27.6 Å². The Morgan fingerprint density at radius 2 is 1.81 bits per heavy atom. The van der Waals surface area contributed by atoms with Gasteiger partial charge in [0.25, 0.3) is 9.84 Å². The highest BCUT2D eigenvalue weighted by Gasteiger charge is 2.46. The fourth-order valence-electron chi connectivity index (χ4n) is 2.71. The lowest BCUT2D eigenvalue weighted by Crippen LogP contribution is -2.23. The number of hydrogen-bond acceptors (Lipinski definition) is 8. The molecule has 0 unspecified atom stereocenters. The fourth-order valence-corrected chi connectivity index (χ4v) is 5.32. The minimum absolute atomic E-state index is 0.0361. The van der Waals surface area contributed by atoms with Crippen LogP contribution < -0.4 is 0 Å². The number of aliphatic hydroxyl groups is 1. The number of nitrogens with zero attached hydrogens (tertiary/aromatic N) is 2. The molecule has 1 aromatic carbocycles. The molecule has 0 fully saturated rings. The quantitative estimate of drug-likeness (QED) is 0.531. The summed E-state index contributed by atoms with van der Waals surface area (Å²) in [5.41, 5.74) is -3.57. The van der Waals surface area contributed by atoms with E-state index in [1.165, 1.54) is 34.8 Å². The molecule has 3 aromatic rings. The van der Waals surface area contributed by atoms with E-state index >= 15 is 0 Å². The zero-order valence-corrected chi connectivity index (χ0v) is 18.8. The minimum Gasteiger partial charge on any atom is -0.386 e. The lowest BCUT2D eigenvalue weighted by Gasteiger charge is -2.08. The highest BCUT2D eigenvalue weighted by atomic mass is 32.2. The summed E-state index contributed by atoms with van der Waals surface area (Å²) < 4.78 is 60.6. The van der Waals surface area contributed by atoms with Crippen molar-refractivity contribution in [3.63, 3.8) is 0 Å². The van der Waals surface area contributed by atoms with Gasteiger partial charge in [-0.1, -0.05) is 12.1 Å².